The molecule has 0 aliphatic rings. The number of aromatic nitrogens is 3. The van der Waals surface area contributed by atoms with Crippen molar-refractivity contribution < 1.29 is 4.84 Å². The molecule has 0 aliphatic carbocycles. The summed E-state index contributed by atoms with van der Waals surface area (Å²) in [5, 5.41) is 10.2. The SMILES string of the molecule is C/C(=N/OCc1nc2ccccc2c(=O)n1/N=C\c1c[nH]c2ccccc12)c1ccccc1. The Bertz CT molecular complexity index is 1550. The largest absolute Gasteiger partial charge is 0.387 e. The van der Waals surface area contributed by atoms with E-state index in [1.807, 2.05) is 79.9 Å². The average molecular weight is 435 g/mol. The summed E-state index contributed by atoms with van der Waals surface area (Å²) in [6.45, 7) is 1.86. The van der Waals surface area contributed by atoms with Gasteiger partial charge in [0.1, 0.15) is 0 Å². The van der Waals surface area contributed by atoms with Crippen molar-refractivity contribution in [1.82, 2.24) is 14.6 Å². The van der Waals surface area contributed by atoms with E-state index in [2.05, 4.69) is 20.2 Å². The molecule has 0 radical (unpaired) electrons. The molecule has 0 saturated carbocycles. The summed E-state index contributed by atoms with van der Waals surface area (Å²) in [5.41, 5.74) is 3.88. The van der Waals surface area contributed by atoms with Crippen molar-refractivity contribution in [3.8, 4) is 0 Å². The second-order valence-corrected chi connectivity index (χ2v) is 7.51. The van der Waals surface area contributed by atoms with Crippen LogP contribution in [0.1, 0.15) is 23.9 Å². The third-order valence-corrected chi connectivity index (χ3v) is 5.34. The van der Waals surface area contributed by atoms with Crippen molar-refractivity contribution in [2.45, 2.75) is 13.5 Å². The fourth-order valence-corrected chi connectivity index (χ4v) is 3.62. The lowest BCUT2D eigenvalue weighted by molar-refractivity contribution is 0.122. The van der Waals surface area contributed by atoms with Crippen molar-refractivity contribution in [2.75, 3.05) is 0 Å². The molecule has 0 fully saturated rings. The average Bonchev–Trinajstić information content (AvgIpc) is 3.27. The van der Waals surface area contributed by atoms with Gasteiger partial charge in [-0.05, 0) is 30.7 Å². The molecule has 5 aromatic rings. The molecular weight excluding hydrogens is 414 g/mol. The van der Waals surface area contributed by atoms with Gasteiger partial charge in [0.05, 0.1) is 22.8 Å². The lowest BCUT2D eigenvalue weighted by atomic mass is 10.1. The van der Waals surface area contributed by atoms with Crippen LogP contribution >= 0.6 is 0 Å². The number of H-pyrrole nitrogens is 1. The first kappa shape index (κ1) is 20.4. The summed E-state index contributed by atoms with van der Waals surface area (Å²) >= 11 is 0. The number of nitrogens with one attached hydrogen (secondary N) is 1. The van der Waals surface area contributed by atoms with E-state index in [1.54, 1.807) is 18.3 Å². The normalized spacial score (nSPS) is 12.1. The minimum absolute atomic E-state index is 0.00449. The summed E-state index contributed by atoms with van der Waals surface area (Å²) in [6.07, 6.45) is 3.51. The number of fused-ring (bicyclic) bond motifs is 2. The van der Waals surface area contributed by atoms with E-state index in [-0.39, 0.29) is 12.2 Å². The molecule has 1 N–H and O–H groups in total. The van der Waals surface area contributed by atoms with Crippen LogP contribution in [-0.4, -0.2) is 26.6 Å². The van der Waals surface area contributed by atoms with Crippen molar-refractivity contribution in [3.63, 3.8) is 0 Å². The van der Waals surface area contributed by atoms with E-state index >= 15 is 0 Å². The lowest BCUT2D eigenvalue weighted by Gasteiger charge is -2.09. The Morgan fingerprint density at radius 2 is 1.73 bits per heavy atom. The van der Waals surface area contributed by atoms with E-state index in [4.69, 9.17) is 4.84 Å². The van der Waals surface area contributed by atoms with Crippen molar-refractivity contribution >= 4 is 33.7 Å². The number of benzene rings is 3. The molecule has 0 unspecified atom stereocenters. The molecule has 3 aromatic carbocycles. The van der Waals surface area contributed by atoms with E-state index in [1.165, 1.54) is 4.68 Å². The van der Waals surface area contributed by atoms with Gasteiger partial charge in [0.2, 0.25) is 0 Å². The van der Waals surface area contributed by atoms with Gasteiger partial charge in [-0.3, -0.25) is 4.79 Å². The first-order chi connectivity index (χ1) is 16.2. The molecule has 0 atom stereocenters. The van der Waals surface area contributed by atoms with Gasteiger partial charge in [-0.15, -0.1) is 0 Å². The number of nitrogens with zero attached hydrogens (tertiary/aromatic N) is 4. The van der Waals surface area contributed by atoms with Crippen LogP contribution in [-0.2, 0) is 11.4 Å². The minimum Gasteiger partial charge on any atom is -0.387 e. The zero-order valence-electron chi connectivity index (χ0n) is 18.0. The van der Waals surface area contributed by atoms with Crippen LogP contribution < -0.4 is 5.56 Å². The van der Waals surface area contributed by atoms with Crippen LogP contribution in [0.3, 0.4) is 0 Å². The van der Waals surface area contributed by atoms with Gasteiger partial charge in [-0.25, -0.2) is 4.98 Å². The zero-order valence-corrected chi connectivity index (χ0v) is 18.0. The van der Waals surface area contributed by atoms with Gasteiger partial charge in [-0.1, -0.05) is 65.8 Å². The highest BCUT2D eigenvalue weighted by Crippen LogP contribution is 2.16. The Morgan fingerprint density at radius 3 is 2.58 bits per heavy atom. The molecule has 2 aromatic heterocycles. The second kappa shape index (κ2) is 8.92. The Hall–Kier alpha value is -4.52. The monoisotopic (exact) mass is 435 g/mol. The molecule has 0 spiro atoms. The predicted molar refractivity (Wildman–Crippen MR) is 131 cm³/mol. The Kier molecular flexibility index (Phi) is 5.51. The van der Waals surface area contributed by atoms with Crippen LogP contribution in [0.25, 0.3) is 21.8 Å². The molecule has 162 valence electrons. The van der Waals surface area contributed by atoms with Gasteiger partial charge in [0.15, 0.2) is 12.4 Å². The van der Waals surface area contributed by atoms with Crippen molar-refractivity contribution in [2.24, 2.45) is 10.3 Å². The van der Waals surface area contributed by atoms with Crippen LogP contribution in [0.2, 0.25) is 0 Å². The van der Waals surface area contributed by atoms with Crippen molar-refractivity contribution in [1.29, 1.82) is 0 Å². The van der Waals surface area contributed by atoms with E-state index in [0.29, 0.717) is 16.7 Å². The minimum atomic E-state index is -0.265. The first-order valence-electron chi connectivity index (χ1n) is 10.5. The number of hydrogen-bond acceptors (Lipinski definition) is 5. The molecule has 7 heteroatoms. The number of hydrogen-bond donors (Lipinski definition) is 1. The Labute approximate surface area is 189 Å². The van der Waals surface area contributed by atoms with Crippen LogP contribution in [0.5, 0.6) is 0 Å². The molecule has 2 heterocycles. The van der Waals surface area contributed by atoms with Crippen LogP contribution in [0, 0.1) is 0 Å². The molecule has 5 rings (SSSR count). The maximum absolute atomic E-state index is 13.2. The molecule has 33 heavy (non-hydrogen) atoms. The van der Waals surface area contributed by atoms with Gasteiger partial charge in [0.25, 0.3) is 5.56 Å². The molecule has 0 aliphatic heterocycles. The number of aromatic amines is 1. The lowest BCUT2D eigenvalue weighted by Crippen LogP contribution is -2.22. The smallest absolute Gasteiger partial charge is 0.282 e. The Balaban J connectivity index is 1.51. The molecule has 0 saturated heterocycles. The van der Waals surface area contributed by atoms with Crippen LogP contribution in [0.4, 0.5) is 0 Å². The molecule has 7 nitrogen and oxygen atoms in total. The van der Waals surface area contributed by atoms with Crippen molar-refractivity contribution in [3.05, 3.63) is 112 Å². The predicted octanol–water partition coefficient (Wildman–Crippen LogP) is 4.70. The summed E-state index contributed by atoms with van der Waals surface area (Å²) in [4.78, 5) is 26.6. The van der Waals surface area contributed by atoms with Gasteiger partial charge in [-0.2, -0.15) is 9.78 Å². The maximum Gasteiger partial charge on any atom is 0.282 e. The number of oxime groups is 1. The summed E-state index contributed by atoms with van der Waals surface area (Å²) < 4.78 is 1.28. The standard InChI is InChI=1S/C26H21N5O2/c1-18(19-9-3-2-4-10-19)30-33-17-25-29-24-14-8-6-12-22(24)26(32)31(25)28-16-20-15-27-23-13-7-5-11-21(20)23/h2-16,27H,17H2,1H3/b28-16-,30-18-. The topological polar surface area (TPSA) is 84.6 Å². The highest BCUT2D eigenvalue weighted by Gasteiger charge is 2.11. The third-order valence-electron chi connectivity index (χ3n) is 5.34. The number of rotatable bonds is 6. The zero-order chi connectivity index (χ0) is 22.6. The van der Waals surface area contributed by atoms with E-state index in [0.717, 1.165) is 27.7 Å². The van der Waals surface area contributed by atoms with Gasteiger partial charge >= 0.3 is 0 Å². The first-order valence-corrected chi connectivity index (χ1v) is 10.5. The molecule has 0 amide bonds. The van der Waals surface area contributed by atoms with Crippen LogP contribution in [0.15, 0.2) is 100 Å². The third kappa shape index (κ3) is 4.16. The summed E-state index contributed by atoms with van der Waals surface area (Å²) in [6, 6.07) is 24.8. The molecular formula is C26H21N5O2. The maximum atomic E-state index is 13.2. The quantitative estimate of drug-likeness (QED) is 0.310. The summed E-state index contributed by atoms with van der Waals surface area (Å²) in [7, 11) is 0. The van der Waals surface area contributed by atoms with Gasteiger partial charge < -0.3 is 9.82 Å². The highest BCUT2D eigenvalue weighted by molar-refractivity contribution is 5.99. The highest BCUT2D eigenvalue weighted by atomic mass is 16.6. The molecule has 0 bridgehead atoms. The number of para-hydroxylation sites is 2. The Morgan fingerprint density at radius 1 is 1.00 bits per heavy atom. The van der Waals surface area contributed by atoms with E-state index < -0.39 is 0 Å². The summed E-state index contributed by atoms with van der Waals surface area (Å²) in [5.74, 6) is 0.361. The fraction of sp³-hybridized carbons (Fsp3) is 0.0769. The van der Waals surface area contributed by atoms with E-state index in [9.17, 15) is 4.79 Å². The fourth-order valence-electron chi connectivity index (χ4n) is 3.62. The van der Waals surface area contributed by atoms with Gasteiger partial charge in [0, 0.05) is 22.7 Å². The second-order valence-electron chi connectivity index (χ2n) is 7.51.